The van der Waals surface area contributed by atoms with Crippen LogP contribution in [0.3, 0.4) is 0 Å². The van der Waals surface area contributed by atoms with Crippen molar-refractivity contribution in [1.29, 1.82) is 0 Å². The number of aryl methyl sites for hydroxylation is 2. The first-order chi connectivity index (χ1) is 8.06. The molecule has 0 saturated carbocycles. The topological polar surface area (TPSA) is 38.0 Å². The summed E-state index contributed by atoms with van der Waals surface area (Å²) in [6, 6.07) is 12.2. The molecule has 0 radical (unpaired) electrons. The van der Waals surface area contributed by atoms with Gasteiger partial charge in [-0.2, -0.15) is 0 Å². The summed E-state index contributed by atoms with van der Waals surface area (Å²) in [6.07, 6.45) is 0. The Hall–Kier alpha value is -1.48. The van der Waals surface area contributed by atoms with E-state index in [1.165, 1.54) is 11.1 Å². The monoisotopic (exact) mass is 290 g/mol. The molecule has 2 nitrogen and oxygen atoms in total. The van der Waals surface area contributed by atoms with Crippen LogP contribution in [0.15, 0.2) is 40.9 Å². The summed E-state index contributed by atoms with van der Waals surface area (Å²) in [4.78, 5) is 0. The van der Waals surface area contributed by atoms with Crippen molar-refractivity contribution in [3.8, 4) is 0 Å². The van der Waals surface area contributed by atoms with Crippen LogP contribution in [0.2, 0.25) is 0 Å². The molecule has 88 valence electrons. The van der Waals surface area contributed by atoms with Gasteiger partial charge >= 0.3 is 0 Å². The summed E-state index contributed by atoms with van der Waals surface area (Å²) in [7, 11) is 0. The van der Waals surface area contributed by atoms with Gasteiger partial charge in [-0.15, -0.1) is 0 Å². The third kappa shape index (κ3) is 2.80. The summed E-state index contributed by atoms with van der Waals surface area (Å²) in [5.74, 6) is 0. The maximum absolute atomic E-state index is 5.98. The van der Waals surface area contributed by atoms with E-state index in [1.54, 1.807) is 0 Å². The predicted octanol–water partition coefficient (Wildman–Crippen LogP) is 4.39. The van der Waals surface area contributed by atoms with Crippen LogP contribution in [0.5, 0.6) is 0 Å². The quantitative estimate of drug-likeness (QED) is 0.805. The molecular formula is C14H15BrN2. The molecule has 0 aliphatic heterocycles. The number of benzene rings is 2. The fourth-order valence-corrected chi connectivity index (χ4v) is 2.03. The molecule has 0 aliphatic carbocycles. The van der Waals surface area contributed by atoms with Crippen molar-refractivity contribution in [3.05, 3.63) is 52.0 Å². The molecule has 2 aromatic carbocycles. The lowest BCUT2D eigenvalue weighted by Crippen LogP contribution is -1.98. The van der Waals surface area contributed by atoms with Crippen molar-refractivity contribution in [1.82, 2.24) is 0 Å². The van der Waals surface area contributed by atoms with Gasteiger partial charge in [0, 0.05) is 10.2 Å². The molecule has 0 aromatic heterocycles. The molecule has 0 unspecified atom stereocenters. The van der Waals surface area contributed by atoms with Crippen LogP contribution in [-0.2, 0) is 0 Å². The maximum Gasteiger partial charge on any atom is 0.0618 e. The number of hydrogen-bond acceptors (Lipinski definition) is 2. The van der Waals surface area contributed by atoms with E-state index in [0.717, 1.165) is 21.5 Å². The largest absolute Gasteiger partial charge is 0.397 e. The van der Waals surface area contributed by atoms with E-state index in [9.17, 15) is 0 Å². The second-order valence-corrected chi connectivity index (χ2v) is 5.09. The van der Waals surface area contributed by atoms with Crippen molar-refractivity contribution < 1.29 is 0 Å². The number of anilines is 3. The zero-order valence-electron chi connectivity index (χ0n) is 9.92. The molecule has 2 aromatic rings. The molecule has 17 heavy (non-hydrogen) atoms. The maximum atomic E-state index is 5.98. The molecule has 2 rings (SSSR count). The Kier molecular flexibility index (Phi) is 3.38. The molecule has 0 fully saturated rings. The zero-order chi connectivity index (χ0) is 12.4. The Bertz CT molecular complexity index is 550. The van der Waals surface area contributed by atoms with Crippen LogP contribution in [0.4, 0.5) is 17.1 Å². The van der Waals surface area contributed by atoms with Gasteiger partial charge in [0.2, 0.25) is 0 Å². The Morgan fingerprint density at radius 2 is 1.76 bits per heavy atom. The minimum atomic E-state index is 0.768. The highest BCUT2D eigenvalue weighted by atomic mass is 79.9. The van der Waals surface area contributed by atoms with Crippen LogP contribution < -0.4 is 11.1 Å². The van der Waals surface area contributed by atoms with Gasteiger partial charge in [0.25, 0.3) is 0 Å². The SMILES string of the molecule is Cc1ccc(Nc2cc(Br)ccc2C)c(N)c1. The van der Waals surface area contributed by atoms with Crippen molar-refractivity contribution in [2.75, 3.05) is 11.1 Å². The molecule has 3 N–H and O–H groups in total. The molecule has 0 atom stereocenters. The van der Waals surface area contributed by atoms with Gasteiger partial charge in [0.05, 0.1) is 11.4 Å². The van der Waals surface area contributed by atoms with Gasteiger partial charge in [0.1, 0.15) is 0 Å². The molecule has 0 aliphatic rings. The van der Waals surface area contributed by atoms with Crippen LogP contribution in [-0.4, -0.2) is 0 Å². The van der Waals surface area contributed by atoms with Crippen molar-refractivity contribution >= 4 is 33.0 Å². The normalized spacial score (nSPS) is 10.3. The summed E-state index contributed by atoms with van der Waals surface area (Å²) in [6.45, 7) is 4.10. The highest BCUT2D eigenvalue weighted by molar-refractivity contribution is 9.10. The average Bonchev–Trinajstić information content (AvgIpc) is 2.27. The molecular weight excluding hydrogens is 276 g/mol. The van der Waals surface area contributed by atoms with E-state index in [2.05, 4.69) is 40.3 Å². The summed E-state index contributed by atoms with van der Waals surface area (Å²) < 4.78 is 1.05. The van der Waals surface area contributed by atoms with E-state index >= 15 is 0 Å². The van der Waals surface area contributed by atoms with Crippen LogP contribution in [0, 0.1) is 13.8 Å². The van der Waals surface area contributed by atoms with Gasteiger partial charge in [-0.25, -0.2) is 0 Å². The molecule has 0 bridgehead atoms. The lowest BCUT2D eigenvalue weighted by molar-refractivity contribution is 1.40. The first-order valence-electron chi connectivity index (χ1n) is 5.45. The van der Waals surface area contributed by atoms with Crippen molar-refractivity contribution in [2.24, 2.45) is 0 Å². The minimum Gasteiger partial charge on any atom is -0.397 e. The third-order valence-electron chi connectivity index (χ3n) is 2.68. The minimum absolute atomic E-state index is 0.768. The van der Waals surface area contributed by atoms with Gasteiger partial charge in [-0.3, -0.25) is 0 Å². The Morgan fingerprint density at radius 3 is 2.47 bits per heavy atom. The van der Waals surface area contributed by atoms with Gasteiger partial charge in [-0.1, -0.05) is 28.1 Å². The average molecular weight is 291 g/mol. The van der Waals surface area contributed by atoms with E-state index in [-0.39, 0.29) is 0 Å². The van der Waals surface area contributed by atoms with Crippen LogP contribution in [0.25, 0.3) is 0 Å². The number of rotatable bonds is 2. The molecule has 0 heterocycles. The summed E-state index contributed by atoms with van der Waals surface area (Å²) >= 11 is 3.47. The van der Waals surface area contributed by atoms with Crippen molar-refractivity contribution in [2.45, 2.75) is 13.8 Å². The number of hydrogen-bond donors (Lipinski definition) is 2. The third-order valence-corrected chi connectivity index (χ3v) is 3.17. The van der Waals surface area contributed by atoms with Crippen LogP contribution >= 0.6 is 15.9 Å². The number of nitrogens with one attached hydrogen (secondary N) is 1. The number of nitrogen functional groups attached to an aromatic ring is 1. The smallest absolute Gasteiger partial charge is 0.0618 e. The molecule has 3 heteroatoms. The molecule has 0 spiro atoms. The van der Waals surface area contributed by atoms with E-state index in [1.807, 2.05) is 31.2 Å². The standard InChI is InChI=1S/C14H15BrN2/c1-9-3-6-13(12(16)7-9)17-14-8-11(15)5-4-10(14)2/h3-8,17H,16H2,1-2H3. The fourth-order valence-electron chi connectivity index (χ4n) is 1.67. The number of halogens is 1. The summed E-state index contributed by atoms with van der Waals surface area (Å²) in [5.41, 5.74) is 11.1. The zero-order valence-corrected chi connectivity index (χ0v) is 11.5. The first kappa shape index (κ1) is 12.0. The highest BCUT2D eigenvalue weighted by Gasteiger charge is 2.03. The van der Waals surface area contributed by atoms with Crippen LogP contribution in [0.1, 0.15) is 11.1 Å². The second kappa shape index (κ2) is 4.80. The predicted molar refractivity (Wildman–Crippen MR) is 77.8 cm³/mol. The summed E-state index contributed by atoms with van der Waals surface area (Å²) in [5, 5.41) is 3.35. The van der Waals surface area contributed by atoms with E-state index in [4.69, 9.17) is 5.73 Å². The lowest BCUT2D eigenvalue weighted by atomic mass is 10.1. The Morgan fingerprint density at radius 1 is 1.00 bits per heavy atom. The molecule has 0 amide bonds. The lowest BCUT2D eigenvalue weighted by Gasteiger charge is -2.12. The van der Waals surface area contributed by atoms with E-state index < -0.39 is 0 Å². The van der Waals surface area contributed by atoms with Gasteiger partial charge in [-0.05, 0) is 49.2 Å². The Balaban J connectivity index is 2.34. The fraction of sp³-hybridized carbons (Fsp3) is 0.143. The molecule has 0 saturated heterocycles. The van der Waals surface area contributed by atoms with Gasteiger partial charge < -0.3 is 11.1 Å². The van der Waals surface area contributed by atoms with Gasteiger partial charge in [0.15, 0.2) is 0 Å². The first-order valence-corrected chi connectivity index (χ1v) is 6.25. The van der Waals surface area contributed by atoms with E-state index in [0.29, 0.717) is 0 Å². The van der Waals surface area contributed by atoms with Crippen molar-refractivity contribution in [3.63, 3.8) is 0 Å². The second-order valence-electron chi connectivity index (χ2n) is 4.17. The number of nitrogens with two attached hydrogens (primary N) is 1. The highest BCUT2D eigenvalue weighted by Crippen LogP contribution is 2.28. The Labute approximate surface area is 110 Å².